The van der Waals surface area contributed by atoms with Crippen molar-refractivity contribution in [3.05, 3.63) is 48.3 Å². The van der Waals surface area contributed by atoms with Gasteiger partial charge < -0.3 is 10.1 Å². The standard InChI is InChI=1S/C13H13N5O/c1-19-12-6-5-10(8-14-12)9-15-13-16-11-4-2-3-7-18(11)17-13/h2-8H,9H2,1H3,(H,15,17). The normalized spacial score (nSPS) is 10.6. The van der Waals surface area contributed by atoms with E-state index in [2.05, 4.69) is 20.4 Å². The predicted molar refractivity (Wildman–Crippen MR) is 71.1 cm³/mol. The molecule has 3 aromatic rings. The Kier molecular flexibility index (Phi) is 2.97. The summed E-state index contributed by atoms with van der Waals surface area (Å²) in [6.45, 7) is 0.619. The van der Waals surface area contributed by atoms with E-state index < -0.39 is 0 Å². The van der Waals surface area contributed by atoms with E-state index in [1.807, 2.05) is 36.5 Å². The average molecular weight is 255 g/mol. The Morgan fingerprint density at radius 2 is 2.21 bits per heavy atom. The second-order valence-electron chi connectivity index (χ2n) is 4.00. The van der Waals surface area contributed by atoms with Crippen LogP contribution in [0.4, 0.5) is 5.95 Å². The molecule has 0 aliphatic carbocycles. The molecule has 3 aromatic heterocycles. The third-order valence-electron chi connectivity index (χ3n) is 2.70. The summed E-state index contributed by atoms with van der Waals surface area (Å²) in [5.74, 6) is 1.21. The zero-order valence-corrected chi connectivity index (χ0v) is 10.4. The van der Waals surface area contributed by atoms with Gasteiger partial charge in [-0.25, -0.2) is 9.50 Å². The summed E-state index contributed by atoms with van der Waals surface area (Å²) >= 11 is 0. The Morgan fingerprint density at radius 1 is 1.26 bits per heavy atom. The first-order valence-electron chi connectivity index (χ1n) is 5.89. The zero-order valence-electron chi connectivity index (χ0n) is 10.4. The number of rotatable bonds is 4. The van der Waals surface area contributed by atoms with Gasteiger partial charge in [0, 0.05) is 25.0 Å². The van der Waals surface area contributed by atoms with Gasteiger partial charge in [-0.05, 0) is 17.7 Å². The molecule has 0 saturated carbocycles. The van der Waals surface area contributed by atoms with Crippen molar-refractivity contribution in [2.24, 2.45) is 0 Å². The van der Waals surface area contributed by atoms with E-state index in [4.69, 9.17) is 4.74 Å². The SMILES string of the molecule is COc1ccc(CNc2nc3ccccn3n2)cn1. The lowest BCUT2D eigenvalue weighted by molar-refractivity contribution is 0.397. The Balaban J connectivity index is 1.70. The van der Waals surface area contributed by atoms with Crippen LogP contribution < -0.4 is 10.1 Å². The van der Waals surface area contributed by atoms with Crippen LogP contribution in [0.15, 0.2) is 42.7 Å². The molecule has 0 fully saturated rings. The molecule has 3 heterocycles. The molecule has 0 bridgehead atoms. The largest absolute Gasteiger partial charge is 0.481 e. The van der Waals surface area contributed by atoms with Crippen LogP contribution in [0.25, 0.3) is 5.65 Å². The number of hydrogen-bond donors (Lipinski definition) is 1. The van der Waals surface area contributed by atoms with Crippen molar-refractivity contribution in [3.8, 4) is 5.88 Å². The van der Waals surface area contributed by atoms with E-state index in [9.17, 15) is 0 Å². The van der Waals surface area contributed by atoms with Gasteiger partial charge in [-0.15, -0.1) is 5.10 Å². The topological polar surface area (TPSA) is 64.3 Å². The van der Waals surface area contributed by atoms with Gasteiger partial charge in [-0.3, -0.25) is 0 Å². The van der Waals surface area contributed by atoms with Crippen molar-refractivity contribution in [2.45, 2.75) is 6.54 Å². The number of hydrogen-bond acceptors (Lipinski definition) is 5. The van der Waals surface area contributed by atoms with Crippen LogP contribution in [-0.4, -0.2) is 26.7 Å². The lowest BCUT2D eigenvalue weighted by Gasteiger charge is -2.02. The maximum absolute atomic E-state index is 5.01. The molecule has 0 atom stereocenters. The first kappa shape index (κ1) is 11.5. The summed E-state index contributed by atoms with van der Waals surface area (Å²) in [5.41, 5.74) is 1.86. The highest BCUT2D eigenvalue weighted by atomic mass is 16.5. The zero-order chi connectivity index (χ0) is 13.1. The van der Waals surface area contributed by atoms with Crippen LogP contribution in [0, 0.1) is 0 Å². The van der Waals surface area contributed by atoms with Gasteiger partial charge >= 0.3 is 0 Å². The van der Waals surface area contributed by atoms with Crippen molar-refractivity contribution in [2.75, 3.05) is 12.4 Å². The number of ether oxygens (including phenoxy) is 1. The molecule has 6 heteroatoms. The van der Waals surface area contributed by atoms with Crippen molar-refractivity contribution in [1.82, 2.24) is 19.6 Å². The summed E-state index contributed by atoms with van der Waals surface area (Å²) in [4.78, 5) is 8.50. The van der Waals surface area contributed by atoms with E-state index in [0.717, 1.165) is 11.2 Å². The Labute approximate surface area is 110 Å². The number of aromatic nitrogens is 4. The molecule has 3 rings (SSSR count). The predicted octanol–water partition coefficient (Wildman–Crippen LogP) is 1.74. The molecule has 19 heavy (non-hydrogen) atoms. The number of nitrogens with zero attached hydrogens (tertiary/aromatic N) is 4. The number of anilines is 1. The molecule has 0 radical (unpaired) electrons. The molecule has 0 aliphatic rings. The van der Waals surface area contributed by atoms with Gasteiger partial charge in [-0.2, -0.15) is 4.98 Å². The van der Waals surface area contributed by atoms with E-state index in [0.29, 0.717) is 18.4 Å². The molecule has 0 aliphatic heterocycles. The molecule has 0 spiro atoms. The highest BCUT2D eigenvalue weighted by molar-refractivity contribution is 5.43. The Hall–Kier alpha value is -2.63. The summed E-state index contributed by atoms with van der Waals surface area (Å²) < 4.78 is 6.74. The maximum atomic E-state index is 5.01. The lowest BCUT2D eigenvalue weighted by atomic mass is 10.3. The van der Waals surface area contributed by atoms with Crippen LogP contribution in [-0.2, 0) is 6.54 Å². The molecule has 96 valence electrons. The van der Waals surface area contributed by atoms with Crippen LogP contribution in [0.2, 0.25) is 0 Å². The minimum atomic E-state index is 0.599. The molecular weight excluding hydrogens is 242 g/mol. The average Bonchev–Trinajstić information content (AvgIpc) is 2.88. The molecule has 0 unspecified atom stereocenters. The van der Waals surface area contributed by atoms with E-state index in [1.165, 1.54) is 0 Å². The van der Waals surface area contributed by atoms with E-state index in [-0.39, 0.29) is 0 Å². The van der Waals surface area contributed by atoms with Crippen molar-refractivity contribution < 1.29 is 4.74 Å². The highest BCUT2D eigenvalue weighted by Crippen LogP contribution is 2.09. The van der Waals surface area contributed by atoms with Crippen LogP contribution in [0.3, 0.4) is 0 Å². The quantitative estimate of drug-likeness (QED) is 0.769. The Bertz CT molecular complexity index is 644. The van der Waals surface area contributed by atoms with Gasteiger partial charge in [0.25, 0.3) is 0 Å². The van der Waals surface area contributed by atoms with Crippen LogP contribution in [0.1, 0.15) is 5.56 Å². The molecule has 6 nitrogen and oxygen atoms in total. The minimum absolute atomic E-state index is 0.599. The fourth-order valence-electron chi connectivity index (χ4n) is 1.72. The van der Waals surface area contributed by atoms with Crippen LogP contribution in [0.5, 0.6) is 5.88 Å². The second kappa shape index (κ2) is 4.93. The first-order chi connectivity index (χ1) is 9.35. The smallest absolute Gasteiger partial charge is 0.243 e. The molecule has 0 saturated heterocycles. The van der Waals surface area contributed by atoms with Crippen molar-refractivity contribution >= 4 is 11.6 Å². The molecule has 0 amide bonds. The summed E-state index contributed by atoms with van der Waals surface area (Å²) in [6.07, 6.45) is 3.63. The number of methoxy groups -OCH3 is 1. The van der Waals surface area contributed by atoms with Crippen molar-refractivity contribution in [1.29, 1.82) is 0 Å². The monoisotopic (exact) mass is 255 g/mol. The van der Waals surface area contributed by atoms with Gasteiger partial charge in [0.05, 0.1) is 7.11 Å². The Morgan fingerprint density at radius 3 is 2.95 bits per heavy atom. The van der Waals surface area contributed by atoms with Crippen molar-refractivity contribution in [3.63, 3.8) is 0 Å². The van der Waals surface area contributed by atoms with Gasteiger partial charge in [-0.1, -0.05) is 12.1 Å². The molecule has 1 N–H and O–H groups in total. The van der Waals surface area contributed by atoms with Gasteiger partial charge in [0.2, 0.25) is 11.8 Å². The summed E-state index contributed by atoms with van der Waals surface area (Å²) in [7, 11) is 1.60. The van der Waals surface area contributed by atoms with Gasteiger partial charge in [0.15, 0.2) is 5.65 Å². The van der Waals surface area contributed by atoms with Crippen LogP contribution >= 0.6 is 0 Å². The van der Waals surface area contributed by atoms with Gasteiger partial charge in [0.1, 0.15) is 0 Å². The summed E-state index contributed by atoms with van der Waals surface area (Å²) in [5, 5.41) is 7.47. The van der Waals surface area contributed by atoms with E-state index in [1.54, 1.807) is 17.8 Å². The fourth-order valence-corrected chi connectivity index (χ4v) is 1.72. The number of fused-ring (bicyclic) bond motifs is 1. The molecule has 0 aromatic carbocycles. The third kappa shape index (κ3) is 2.47. The third-order valence-corrected chi connectivity index (χ3v) is 2.70. The second-order valence-corrected chi connectivity index (χ2v) is 4.00. The van der Waals surface area contributed by atoms with E-state index >= 15 is 0 Å². The fraction of sp³-hybridized carbons (Fsp3) is 0.154. The highest BCUT2D eigenvalue weighted by Gasteiger charge is 2.02. The number of pyridine rings is 2. The lowest BCUT2D eigenvalue weighted by Crippen LogP contribution is -2.02. The minimum Gasteiger partial charge on any atom is -0.481 e. The molecular formula is C13H13N5O. The maximum Gasteiger partial charge on any atom is 0.243 e. The summed E-state index contributed by atoms with van der Waals surface area (Å²) in [6, 6.07) is 9.54. The number of nitrogens with one attached hydrogen (secondary N) is 1. The first-order valence-corrected chi connectivity index (χ1v) is 5.89.